The zero-order valence-corrected chi connectivity index (χ0v) is 18.6. The molecule has 2 aromatic carbocycles. The van der Waals surface area contributed by atoms with E-state index in [1.165, 1.54) is 32.3 Å². The van der Waals surface area contributed by atoms with E-state index in [-0.39, 0.29) is 33.7 Å². The molecule has 10 nitrogen and oxygen atoms in total. The third-order valence-corrected chi connectivity index (χ3v) is 5.56. The highest BCUT2D eigenvalue weighted by molar-refractivity contribution is 6.32. The van der Waals surface area contributed by atoms with Crippen LogP contribution in [0.1, 0.15) is 20.7 Å². The van der Waals surface area contributed by atoms with E-state index in [1.54, 1.807) is 18.2 Å². The fourth-order valence-corrected chi connectivity index (χ4v) is 3.64. The van der Waals surface area contributed by atoms with Crippen LogP contribution in [-0.4, -0.2) is 83.6 Å². The lowest BCUT2D eigenvalue weighted by Crippen LogP contribution is -2.60. The number of carbonyl (C=O) groups excluding carboxylic acids is 2. The van der Waals surface area contributed by atoms with E-state index in [2.05, 4.69) is 10.6 Å². The first-order valence-electron chi connectivity index (χ1n) is 10.1. The van der Waals surface area contributed by atoms with E-state index >= 15 is 0 Å². The standard InChI is InChI=1S/C22H25ClN2O8/c1-24-20(30)12-5-11(6-13(7-12)21(31)25-2)10-3-4-15(14(23)8-10)32-22-19(29)18(28)17(27)16(9-26)33-22/h3-8,16-19,22,26-29H,9H2,1-2H3,(H,24,30)(H,25,31)/t16-,17-,18+,19+,22+/m1/s1. The van der Waals surface area contributed by atoms with Crippen molar-refractivity contribution in [2.45, 2.75) is 30.7 Å². The Morgan fingerprint density at radius 1 is 0.939 bits per heavy atom. The summed E-state index contributed by atoms with van der Waals surface area (Å²) in [7, 11) is 2.97. The summed E-state index contributed by atoms with van der Waals surface area (Å²) in [5, 5.41) is 44.4. The molecule has 0 spiro atoms. The van der Waals surface area contributed by atoms with Gasteiger partial charge in [-0.1, -0.05) is 17.7 Å². The minimum atomic E-state index is -1.59. The molecule has 1 heterocycles. The van der Waals surface area contributed by atoms with Gasteiger partial charge in [0.2, 0.25) is 6.29 Å². The zero-order valence-electron chi connectivity index (χ0n) is 17.9. The summed E-state index contributed by atoms with van der Waals surface area (Å²) in [6.45, 7) is -0.590. The van der Waals surface area contributed by atoms with E-state index in [0.717, 1.165) is 0 Å². The second-order valence-corrected chi connectivity index (χ2v) is 7.82. The van der Waals surface area contributed by atoms with E-state index in [0.29, 0.717) is 11.1 Å². The minimum Gasteiger partial charge on any atom is -0.460 e. The van der Waals surface area contributed by atoms with Crippen molar-refractivity contribution in [1.82, 2.24) is 10.6 Å². The number of aliphatic hydroxyl groups excluding tert-OH is 4. The van der Waals surface area contributed by atoms with Gasteiger partial charge in [-0.3, -0.25) is 9.59 Å². The first kappa shape index (κ1) is 24.9. The third-order valence-electron chi connectivity index (χ3n) is 5.27. The lowest BCUT2D eigenvalue weighted by Gasteiger charge is -2.39. The molecule has 0 radical (unpaired) electrons. The molecule has 0 aromatic heterocycles. The highest BCUT2D eigenvalue weighted by Crippen LogP contribution is 2.34. The highest BCUT2D eigenvalue weighted by Gasteiger charge is 2.44. The van der Waals surface area contributed by atoms with Crippen LogP contribution in [0.5, 0.6) is 5.75 Å². The topological polar surface area (TPSA) is 158 Å². The van der Waals surface area contributed by atoms with Crippen LogP contribution in [-0.2, 0) is 4.74 Å². The number of aliphatic hydroxyl groups is 4. The molecule has 0 saturated carbocycles. The second-order valence-electron chi connectivity index (χ2n) is 7.42. The number of ether oxygens (including phenoxy) is 2. The molecule has 1 fully saturated rings. The Kier molecular flexibility index (Phi) is 7.90. The molecule has 6 N–H and O–H groups in total. The number of benzene rings is 2. The van der Waals surface area contributed by atoms with Gasteiger partial charge >= 0.3 is 0 Å². The summed E-state index contributed by atoms with van der Waals surface area (Å²) >= 11 is 6.36. The molecule has 0 bridgehead atoms. The number of hydrogen-bond donors (Lipinski definition) is 6. The van der Waals surface area contributed by atoms with Crippen LogP contribution in [0.15, 0.2) is 36.4 Å². The van der Waals surface area contributed by atoms with Crippen molar-refractivity contribution in [2.75, 3.05) is 20.7 Å². The Morgan fingerprint density at radius 3 is 2.06 bits per heavy atom. The van der Waals surface area contributed by atoms with Gasteiger partial charge in [-0.15, -0.1) is 0 Å². The SMILES string of the molecule is CNC(=O)c1cc(C(=O)NC)cc(-c2ccc(O[C@H]3O[C@H](CO)[C@@H](O)[C@H](O)[C@@H]3O)c(Cl)c2)c1. The number of halogens is 1. The molecule has 3 rings (SSSR count). The number of rotatable bonds is 6. The Morgan fingerprint density at radius 2 is 1.55 bits per heavy atom. The summed E-state index contributed by atoms with van der Waals surface area (Å²) in [5.41, 5.74) is 1.70. The maximum Gasteiger partial charge on any atom is 0.251 e. The Hall–Kier alpha value is -2.73. The minimum absolute atomic E-state index is 0.110. The summed E-state index contributed by atoms with van der Waals surface area (Å²) in [5.74, 6) is -0.620. The smallest absolute Gasteiger partial charge is 0.251 e. The van der Waals surface area contributed by atoms with E-state index < -0.39 is 37.3 Å². The van der Waals surface area contributed by atoms with Crippen LogP contribution in [0.2, 0.25) is 5.02 Å². The highest BCUT2D eigenvalue weighted by atomic mass is 35.5. The largest absolute Gasteiger partial charge is 0.460 e. The van der Waals surface area contributed by atoms with Crippen molar-refractivity contribution in [3.05, 3.63) is 52.5 Å². The number of nitrogens with one attached hydrogen (secondary N) is 2. The van der Waals surface area contributed by atoms with Gasteiger partial charge in [0.05, 0.1) is 11.6 Å². The van der Waals surface area contributed by atoms with Crippen molar-refractivity contribution in [1.29, 1.82) is 0 Å². The molecule has 1 saturated heterocycles. The number of carbonyl (C=O) groups is 2. The lowest BCUT2D eigenvalue weighted by atomic mass is 9.98. The fourth-order valence-electron chi connectivity index (χ4n) is 3.41. The monoisotopic (exact) mass is 480 g/mol. The molecular weight excluding hydrogens is 456 g/mol. The quantitative estimate of drug-likeness (QED) is 0.334. The zero-order chi connectivity index (χ0) is 24.3. The molecule has 178 valence electrons. The molecule has 5 atom stereocenters. The van der Waals surface area contributed by atoms with Crippen molar-refractivity contribution in [2.24, 2.45) is 0 Å². The van der Waals surface area contributed by atoms with Crippen LogP contribution in [0.3, 0.4) is 0 Å². The molecule has 1 aliphatic heterocycles. The van der Waals surface area contributed by atoms with E-state index in [9.17, 15) is 30.0 Å². The third kappa shape index (κ3) is 5.27. The molecule has 11 heteroatoms. The van der Waals surface area contributed by atoms with Crippen molar-refractivity contribution in [3.63, 3.8) is 0 Å². The molecule has 0 aliphatic carbocycles. The molecular formula is C22H25ClN2O8. The summed E-state index contributed by atoms with van der Waals surface area (Å²) in [6.07, 6.45) is -7.19. The maximum absolute atomic E-state index is 12.2. The van der Waals surface area contributed by atoms with Gasteiger partial charge in [0.1, 0.15) is 30.2 Å². The Balaban J connectivity index is 1.90. The summed E-state index contributed by atoms with van der Waals surface area (Å²) in [6, 6.07) is 9.34. The van der Waals surface area contributed by atoms with Crippen LogP contribution < -0.4 is 15.4 Å². The van der Waals surface area contributed by atoms with Gasteiger partial charge in [-0.05, 0) is 41.5 Å². The van der Waals surface area contributed by atoms with Crippen LogP contribution in [0.25, 0.3) is 11.1 Å². The molecule has 0 unspecified atom stereocenters. The van der Waals surface area contributed by atoms with Gasteiger partial charge in [0.15, 0.2) is 0 Å². The molecule has 2 aromatic rings. The fraction of sp³-hybridized carbons (Fsp3) is 0.364. The van der Waals surface area contributed by atoms with Crippen LogP contribution >= 0.6 is 11.6 Å². The summed E-state index contributed by atoms with van der Waals surface area (Å²) in [4.78, 5) is 24.3. The van der Waals surface area contributed by atoms with Crippen LogP contribution in [0, 0.1) is 0 Å². The number of hydrogen-bond acceptors (Lipinski definition) is 8. The van der Waals surface area contributed by atoms with Crippen molar-refractivity contribution >= 4 is 23.4 Å². The normalized spacial score (nSPS) is 24.8. The molecule has 2 amide bonds. The van der Waals surface area contributed by atoms with Gasteiger partial charge < -0.3 is 40.5 Å². The van der Waals surface area contributed by atoms with E-state index in [4.69, 9.17) is 21.1 Å². The van der Waals surface area contributed by atoms with Gasteiger partial charge in [-0.2, -0.15) is 0 Å². The summed E-state index contributed by atoms with van der Waals surface area (Å²) < 4.78 is 10.9. The number of amides is 2. The van der Waals surface area contributed by atoms with Gasteiger partial charge in [0.25, 0.3) is 11.8 Å². The average molecular weight is 481 g/mol. The predicted molar refractivity (Wildman–Crippen MR) is 118 cm³/mol. The predicted octanol–water partition coefficient (Wildman–Crippen LogP) is -0.0951. The van der Waals surface area contributed by atoms with Crippen molar-refractivity contribution in [3.8, 4) is 16.9 Å². The first-order chi connectivity index (χ1) is 15.7. The van der Waals surface area contributed by atoms with E-state index in [1.807, 2.05) is 0 Å². The molecule has 1 aliphatic rings. The molecule has 33 heavy (non-hydrogen) atoms. The van der Waals surface area contributed by atoms with Gasteiger partial charge in [-0.25, -0.2) is 0 Å². The average Bonchev–Trinajstić information content (AvgIpc) is 2.83. The Labute approximate surface area is 194 Å². The van der Waals surface area contributed by atoms with Crippen LogP contribution in [0.4, 0.5) is 0 Å². The maximum atomic E-state index is 12.2. The first-order valence-corrected chi connectivity index (χ1v) is 10.4. The lowest BCUT2D eigenvalue weighted by molar-refractivity contribution is -0.277. The Bertz CT molecular complexity index is 997. The van der Waals surface area contributed by atoms with Crippen molar-refractivity contribution < 1.29 is 39.5 Å². The van der Waals surface area contributed by atoms with Gasteiger partial charge in [0, 0.05) is 25.2 Å². The second kappa shape index (κ2) is 10.5.